The van der Waals surface area contributed by atoms with Gasteiger partial charge in [-0.05, 0) is 40.8 Å². The molecule has 1 amide bonds. The van der Waals surface area contributed by atoms with Crippen molar-refractivity contribution in [1.29, 1.82) is 0 Å². The molecular formula is C32H33NO6. The fourth-order valence-corrected chi connectivity index (χ4v) is 5.07. The minimum absolute atomic E-state index is 0.0537. The third-order valence-corrected chi connectivity index (χ3v) is 7.04. The van der Waals surface area contributed by atoms with Crippen LogP contribution in [-0.2, 0) is 30.4 Å². The summed E-state index contributed by atoms with van der Waals surface area (Å²) in [5, 5.41) is 0. The molecule has 1 aliphatic heterocycles. The zero-order valence-electron chi connectivity index (χ0n) is 22.2. The SMILES string of the molecule is C=C(c1cccc(-c2ccccc2)c1)[C@H]1CN(C(=O)OCc2ccccc2)[C@H](C(=O)OCC)[C@H]1CC(=O)OC. The lowest BCUT2D eigenvalue weighted by atomic mass is 9.80. The highest BCUT2D eigenvalue weighted by Gasteiger charge is 2.51. The van der Waals surface area contributed by atoms with Gasteiger partial charge in [0.1, 0.15) is 12.6 Å². The molecule has 7 nitrogen and oxygen atoms in total. The van der Waals surface area contributed by atoms with Crippen LogP contribution in [0.4, 0.5) is 4.79 Å². The van der Waals surface area contributed by atoms with Crippen molar-refractivity contribution in [2.45, 2.75) is 26.0 Å². The summed E-state index contributed by atoms with van der Waals surface area (Å²) >= 11 is 0. The van der Waals surface area contributed by atoms with E-state index < -0.39 is 35.9 Å². The third-order valence-electron chi connectivity index (χ3n) is 7.04. The largest absolute Gasteiger partial charge is 0.469 e. The smallest absolute Gasteiger partial charge is 0.410 e. The van der Waals surface area contributed by atoms with Crippen molar-refractivity contribution >= 4 is 23.6 Å². The maximum atomic E-state index is 13.3. The van der Waals surface area contributed by atoms with E-state index in [-0.39, 0.29) is 26.2 Å². The molecule has 0 spiro atoms. The summed E-state index contributed by atoms with van der Waals surface area (Å²) in [6.45, 7) is 6.41. The number of nitrogens with zero attached hydrogens (tertiary/aromatic N) is 1. The predicted molar refractivity (Wildman–Crippen MR) is 148 cm³/mol. The Balaban J connectivity index is 1.65. The number of carbonyl (C=O) groups is 3. The van der Waals surface area contributed by atoms with Gasteiger partial charge < -0.3 is 14.2 Å². The number of ether oxygens (including phenoxy) is 3. The molecule has 0 aliphatic carbocycles. The normalized spacial score (nSPS) is 18.3. The van der Waals surface area contributed by atoms with Crippen LogP contribution in [0.15, 0.2) is 91.5 Å². The first-order chi connectivity index (χ1) is 18.9. The number of amides is 1. The Morgan fingerprint density at radius 1 is 0.897 bits per heavy atom. The van der Waals surface area contributed by atoms with Gasteiger partial charge in [-0.2, -0.15) is 0 Å². The second-order valence-corrected chi connectivity index (χ2v) is 9.41. The van der Waals surface area contributed by atoms with E-state index in [4.69, 9.17) is 14.2 Å². The molecule has 0 N–H and O–H groups in total. The molecule has 3 aromatic carbocycles. The Morgan fingerprint density at radius 2 is 1.56 bits per heavy atom. The first kappa shape index (κ1) is 27.6. The van der Waals surface area contributed by atoms with Gasteiger partial charge in [-0.1, -0.05) is 85.4 Å². The van der Waals surface area contributed by atoms with E-state index in [0.29, 0.717) is 5.57 Å². The average molecular weight is 528 g/mol. The number of rotatable bonds is 9. The average Bonchev–Trinajstić information content (AvgIpc) is 3.35. The summed E-state index contributed by atoms with van der Waals surface area (Å²) in [6.07, 6.45) is -0.732. The molecule has 3 atom stereocenters. The fraction of sp³-hybridized carbons (Fsp3) is 0.281. The van der Waals surface area contributed by atoms with Crippen molar-refractivity contribution in [3.63, 3.8) is 0 Å². The molecule has 1 fully saturated rings. The van der Waals surface area contributed by atoms with Crippen molar-refractivity contribution in [3.05, 3.63) is 103 Å². The summed E-state index contributed by atoms with van der Waals surface area (Å²) < 4.78 is 15.9. The van der Waals surface area contributed by atoms with Gasteiger partial charge in [-0.25, -0.2) is 9.59 Å². The van der Waals surface area contributed by atoms with Gasteiger partial charge in [0, 0.05) is 18.4 Å². The van der Waals surface area contributed by atoms with E-state index in [1.54, 1.807) is 6.92 Å². The maximum Gasteiger partial charge on any atom is 0.410 e. The van der Waals surface area contributed by atoms with E-state index in [9.17, 15) is 14.4 Å². The van der Waals surface area contributed by atoms with Crippen LogP contribution in [0, 0.1) is 11.8 Å². The monoisotopic (exact) mass is 527 g/mol. The lowest BCUT2D eigenvalue weighted by Crippen LogP contribution is -2.45. The maximum absolute atomic E-state index is 13.3. The van der Waals surface area contributed by atoms with Gasteiger partial charge in [0.25, 0.3) is 0 Å². The molecule has 1 heterocycles. The number of methoxy groups -OCH3 is 1. The lowest BCUT2D eigenvalue weighted by Gasteiger charge is -2.26. The molecule has 4 rings (SSSR count). The van der Waals surface area contributed by atoms with Crippen molar-refractivity contribution in [1.82, 2.24) is 4.90 Å². The van der Waals surface area contributed by atoms with E-state index in [0.717, 1.165) is 22.3 Å². The Hall–Kier alpha value is -4.39. The quantitative estimate of drug-likeness (QED) is 0.261. The molecule has 39 heavy (non-hydrogen) atoms. The number of hydrogen-bond acceptors (Lipinski definition) is 6. The molecule has 0 saturated carbocycles. The zero-order chi connectivity index (χ0) is 27.8. The van der Waals surface area contributed by atoms with Crippen molar-refractivity contribution in [2.75, 3.05) is 20.3 Å². The van der Waals surface area contributed by atoms with E-state index >= 15 is 0 Å². The second kappa shape index (κ2) is 12.9. The number of carbonyl (C=O) groups excluding carboxylic acids is 3. The molecule has 3 aromatic rings. The van der Waals surface area contributed by atoms with Gasteiger partial charge in [-0.3, -0.25) is 9.69 Å². The van der Waals surface area contributed by atoms with Gasteiger partial charge >= 0.3 is 18.0 Å². The minimum atomic E-state index is -1.02. The Kier molecular flexibility index (Phi) is 9.15. The molecule has 7 heteroatoms. The highest BCUT2D eigenvalue weighted by molar-refractivity contribution is 5.85. The number of benzene rings is 3. The van der Waals surface area contributed by atoms with Crippen molar-refractivity contribution in [2.24, 2.45) is 11.8 Å². The van der Waals surface area contributed by atoms with Crippen molar-refractivity contribution < 1.29 is 28.6 Å². The van der Waals surface area contributed by atoms with Crippen molar-refractivity contribution in [3.8, 4) is 11.1 Å². The molecule has 0 unspecified atom stereocenters. The van der Waals surface area contributed by atoms with Gasteiger partial charge in [0.05, 0.1) is 20.1 Å². The summed E-state index contributed by atoms with van der Waals surface area (Å²) in [4.78, 5) is 40.4. The Morgan fingerprint density at radius 3 is 2.23 bits per heavy atom. The standard InChI is InChI=1S/C32H33NO6/c1-4-38-31(35)30-27(19-29(34)37-3)28(20-33(30)32(36)39-21-23-12-7-5-8-13-23)22(2)25-16-11-17-26(18-25)24-14-9-6-10-15-24/h5-18,27-28,30H,2,4,19-21H2,1,3H3/t27-,28+,30-/m0/s1. The zero-order valence-corrected chi connectivity index (χ0v) is 22.2. The molecule has 202 valence electrons. The molecule has 0 aromatic heterocycles. The third kappa shape index (κ3) is 6.55. The van der Waals surface area contributed by atoms with Gasteiger partial charge in [0.2, 0.25) is 0 Å². The van der Waals surface area contributed by atoms with Gasteiger partial charge in [0.15, 0.2) is 0 Å². The van der Waals surface area contributed by atoms with Crippen LogP contribution in [0.5, 0.6) is 0 Å². The summed E-state index contributed by atoms with van der Waals surface area (Å²) in [5.41, 5.74) is 4.47. The van der Waals surface area contributed by atoms with E-state index in [2.05, 4.69) is 6.58 Å². The predicted octanol–water partition coefficient (Wildman–Crippen LogP) is 5.75. The molecule has 0 radical (unpaired) electrons. The molecule has 1 aliphatic rings. The van der Waals surface area contributed by atoms with Gasteiger partial charge in [-0.15, -0.1) is 0 Å². The highest BCUT2D eigenvalue weighted by atomic mass is 16.6. The van der Waals surface area contributed by atoms with E-state index in [1.165, 1.54) is 12.0 Å². The second-order valence-electron chi connectivity index (χ2n) is 9.41. The Labute approximate surface area is 229 Å². The molecule has 0 bridgehead atoms. The first-order valence-corrected chi connectivity index (χ1v) is 13.0. The minimum Gasteiger partial charge on any atom is -0.469 e. The summed E-state index contributed by atoms with van der Waals surface area (Å²) in [7, 11) is 1.30. The molecule has 1 saturated heterocycles. The van der Waals surface area contributed by atoms with Crippen LogP contribution >= 0.6 is 0 Å². The van der Waals surface area contributed by atoms with Crippen LogP contribution in [-0.4, -0.2) is 49.2 Å². The summed E-state index contributed by atoms with van der Waals surface area (Å²) in [6, 6.07) is 26.2. The number of esters is 2. The van der Waals surface area contributed by atoms with Crippen LogP contribution in [0.2, 0.25) is 0 Å². The van der Waals surface area contributed by atoms with Crippen LogP contribution in [0.1, 0.15) is 24.5 Å². The fourth-order valence-electron chi connectivity index (χ4n) is 5.07. The number of likely N-dealkylation sites (tertiary alicyclic amines) is 1. The number of hydrogen-bond donors (Lipinski definition) is 0. The highest BCUT2D eigenvalue weighted by Crippen LogP contribution is 2.42. The topological polar surface area (TPSA) is 82.1 Å². The van der Waals surface area contributed by atoms with E-state index in [1.807, 2.05) is 84.9 Å². The van der Waals surface area contributed by atoms with Crippen LogP contribution in [0.25, 0.3) is 16.7 Å². The van der Waals surface area contributed by atoms with Crippen LogP contribution < -0.4 is 0 Å². The molecular weight excluding hydrogens is 494 g/mol. The lowest BCUT2D eigenvalue weighted by molar-refractivity contribution is -0.150. The van der Waals surface area contributed by atoms with Crippen LogP contribution in [0.3, 0.4) is 0 Å². The first-order valence-electron chi connectivity index (χ1n) is 13.0. The Bertz CT molecular complexity index is 1310. The summed E-state index contributed by atoms with van der Waals surface area (Å²) in [5.74, 6) is -2.08.